The van der Waals surface area contributed by atoms with E-state index in [1.165, 1.54) is 99.3 Å². The van der Waals surface area contributed by atoms with Gasteiger partial charge in [0.15, 0.2) is 0 Å². The van der Waals surface area contributed by atoms with Gasteiger partial charge < -0.3 is 18.8 Å². The molecule has 4 aliphatic rings. The molecule has 4 aliphatic heterocycles. The SMILES string of the molecule is CCCCCCCCCCCCCC1CCCc2cc(C(C)(C)C)c(cc2C)OP(OP(O)O)Oc2cc(C)c1cc2C(C)(C)C. The second-order valence-electron chi connectivity index (χ2n) is 15.6. The molecule has 0 saturated carbocycles. The van der Waals surface area contributed by atoms with E-state index in [2.05, 4.69) is 86.6 Å². The molecule has 2 unspecified atom stereocenters. The number of hydrogen-bond donors (Lipinski definition) is 2. The minimum absolute atomic E-state index is 0.179. The molecule has 260 valence electrons. The Labute approximate surface area is 284 Å². The van der Waals surface area contributed by atoms with Crippen molar-refractivity contribution in [3.8, 4) is 11.5 Å². The third-order valence-electron chi connectivity index (χ3n) is 9.50. The van der Waals surface area contributed by atoms with Crippen molar-refractivity contribution in [3.63, 3.8) is 0 Å². The Kier molecular flexibility index (Phi) is 15.8. The van der Waals surface area contributed by atoms with Crippen molar-refractivity contribution in [2.75, 3.05) is 0 Å². The van der Waals surface area contributed by atoms with Gasteiger partial charge in [0.2, 0.25) is 0 Å². The van der Waals surface area contributed by atoms with Gasteiger partial charge in [0.1, 0.15) is 11.5 Å². The molecular weight excluding hydrogens is 610 g/mol. The molecule has 0 aliphatic carbocycles. The van der Waals surface area contributed by atoms with Crippen LogP contribution in [0.15, 0.2) is 24.3 Å². The molecule has 2 aromatic carbocycles. The van der Waals surface area contributed by atoms with Crippen LogP contribution in [0.2, 0.25) is 0 Å². The van der Waals surface area contributed by atoms with E-state index >= 15 is 0 Å². The summed E-state index contributed by atoms with van der Waals surface area (Å²) in [5.74, 6) is 1.84. The molecule has 0 amide bonds. The maximum absolute atomic E-state index is 9.91. The molecule has 6 rings (SSSR count). The molecule has 4 bridgehead atoms. The maximum atomic E-state index is 9.91. The monoisotopic (exact) mass is 674 g/mol. The largest absolute Gasteiger partial charge is 0.470 e. The minimum atomic E-state index is -2.68. The Bertz CT molecular complexity index is 1210. The third kappa shape index (κ3) is 12.3. The van der Waals surface area contributed by atoms with Crippen LogP contribution in [0.1, 0.15) is 178 Å². The van der Waals surface area contributed by atoms with E-state index in [1.807, 2.05) is 0 Å². The predicted octanol–water partition coefficient (Wildman–Crippen LogP) is 12.9. The molecule has 0 saturated heterocycles. The van der Waals surface area contributed by atoms with Gasteiger partial charge in [-0.25, -0.2) is 4.31 Å². The summed E-state index contributed by atoms with van der Waals surface area (Å²) in [7, 11) is -4.80. The fraction of sp³-hybridized carbons (Fsp3) is 0.692. The van der Waals surface area contributed by atoms with Crippen molar-refractivity contribution in [3.05, 3.63) is 57.6 Å². The first-order valence-electron chi connectivity index (χ1n) is 18.0. The lowest BCUT2D eigenvalue weighted by molar-refractivity contribution is 0.329. The first-order valence-corrected chi connectivity index (χ1v) is 20.3. The summed E-state index contributed by atoms with van der Waals surface area (Å²) in [5.41, 5.74) is 6.95. The molecule has 4 heterocycles. The fourth-order valence-corrected chi connectivity index (χ4v) is 8.18. The van der Waals surface area contributed by atoms with Crippen LogP contribution in [0.25, 0.3) is 0 Å². The Balaban J connectivity index is 1.89. The van der Waals surface area contributed by atoms with E-state index in [4.69, 9.17) is 13.4 Å². The highest BCUT2D eigenvalue weighted by Crippen LogP contribution is 2.54. The lowest BCUT2D eigenvalue weighted by atomic mass is 9.79. The molecule has 2 N–H and O–H groups in total. The van der Waals surface area contributed by atoms with Gasteiger partial charge in [-0.2, -0.15) is 0 Å². The zero-order valence-electron chi connectivity index (χ0n) is 30.5. The lowest BCUT2D eigenvalue weighted by Crippen LogP contribution is -2.16. The lowest BCUT2D eigenvalue weighted by Gasteiger charge is -2.29. The first kappa shape index (κ1) is 39.2. The van der Waals surface area contributed by atoms with Crippen LogP contribution in [0, 0.1) is 13.8 Å². The van der Waals surface area contributed by atoms with Gasteiger partial charge in [0.25, 0.3) is 0 Å². The van der Waals surface area contributed by atoms with E-state index in [9.17, 15) is 9.79 Å². The molecule has 0 aromatic heterocycles. The normalized spacial score (nSPS) is 17.6. The number of aryl methyl sites for hydroxylation is 3. The highest BCUT2D eigenvalue weighted by molar-refractivity contribution is 7.55. The zero-order chi connectivity index (χ0) is 33.9. The molecule has 5 nitrogen and oxygen atoms in total. The number of benzene rings is 2. The van der Waals surface area contributed by atoms with E-state index in [1.54, 1.807) is 0 Å². The fourth-order valence-electron chi connectivity index (χ4n) is 6.78. The molecule has 46 heavy (non-hydrogen) atoms. The Morgan fingerprint density at radius 3 is 1.76 bits per heavy atom. The molecule has 2 atom stereocenters. The predicted molar refractivity (Wildman–Crippen MR) is 197 cm³/mol. The molecule has 0 spiro atoms. The van der Waals surface area contributed by atoms with Gasteiger partial charge in [-0.1, -0.05) is 131 Å². The quantitative estimate of drug-likeness (QED) is 0.154. The Morgan fingerprint density at radius 1 is 0.739 bits per heavy atom. The van der Waals surface area contributed by atoms with E-state index < -0.39 is 17.2 Å². The van der Waals surface area contributed by atoms with Gasteiger partial charge in [-0.15, -0.1) is 0 Å². The van der Waals surface area contributed by atoms with E-state index in [0.29, 0.717) is 17.4 Å². The summed E-state index contributed by atoms with van der Waals surface area (Å²) < 4.78 is 18.4. The van der Waals surface area contributed by atoms with Crippen molar-refractivity contribution in [2.24, 2.45) is 0 Å². The first-order chi connectivity index (χ1) is 21.7. The average Bonchev–Trinajstić information content (AvgIpc) is 2.95. The smallest absolute Gasteiger partial charge is 0.417 e. The van der Waals surface area contributed by atoms with Gasteiger partial charge in [-0.3, -0.25) is 0 Å². The number of unbranched alkanes of at least 4 members (excludes halogenated alkanes) is 10. The second kappa shape index (κ2) is 18.5. The summed E-state index contributed by atoms with van der Waals surface area (Å²) >= 11 is 0. The Hall–Kier alpha value is -1.22. The molecule has 0 radical (unpaired) electrons. The summed E-state index contributed by atoms with van der Waals surface area (Å²) in [6, 6.07) is 8.85. The summed E-state index contributed by atoms with van der Waals surface area (Å²) in [5, 5.41) is 0. The maximum Gasteiger partial charge on any atom is 0.470 e. The highest BCUT2D eigenvalue weighted by atomic mass is 31.2. The van der Waals surface area contributed by atoms with Crippen molar-refractivity contribution >= 4 is 17.2 Å². The van der Waals surface area contributed by atoms with Crippen molar-refractivity contribution in [1.82, 2.24) is 0 Å². The number of hydrogen-bond acceptors (Lipinski definition) is 5. The van der Waals surface area contributed by atoms with Crippen LogP contribution < -0.4 is 9.05 Å². The van der Waals surface area contributed by atoms with Gasteiger partial charge in [0.05, 0.1) is 0 Å². The van der Waals surface area contributed by atoms with E-state index in [-0.39, 0.29) is 10.8 Å². The third-order valence-corrected chi connectivity index (χ3v) is 11.3. The molecular formula is C39H64O5P2. The summed E-state index contributed by atoms with van der Waals surface area (Å²) in [6.45, 7) is 19.8. The average molecular weight is 675 g/mol. The second-order valence-corrected chi connectivity index (χ2v) is 17.6. The summed E-state index contributed by atoms with van der Waals surface area (Å²) in [6.07, 6.45) is 19.5. The van der Waals surface area contributed by atoms with Crippen LogP contribution in [0.5, 0.6) is 11.5 Å². The summed E-state index contributed by atoms with van der Waals surface area (Å²) in [4.78, 5) is 19.8. The molecule has 0 fully saturated rings. The topological polar surface area (TPSA) is 68.2 Å². The molecule has 7 heteroatoms. The standard InChI is InChI=1S/C39H64O5P2/c1-10-11-12-13-14-15-16-17-18-19-20-22-31-23-21-24-32-27-34(38(4,5)6)36(25-29(32)2)42-46(44-45(40)41)43-37-26-30(3)33(31)28-35(37)39(7,8)9/h25-28,31,40-41H,10-24H2,1-9H3. The van der Waals surface area contributed by atoms with Crippen molar-refractivity contribution in [1.29, 1.82) is 0 Å². The van der Waals surface area contributed by atoms with Gasteiger partial charge in [0, 0.05) is 11.1 Å². The molecule has 2 aromatic rings. The van der Waals surface area contributed by atoms with Crippen molar-refractivity contribution in [2.45, 2.75) is 175 Å². The van der Waals surface area contributed by atoms with Gasteiger partial charge in [-0.05, 0) is 90.7 Å². The van der Waals surface area contributed by atoms with Crippen LogP contribution in [-0.2, 0) is 21.6 Å². The van der Waals surface area contributed by atoms with Crippen LogP contribution >= 0.6 is 17.2 Å². The van der Waals surface area contributed by atoms with E-state index in [0.717, 1.165) is 30.4 Å². The highest BCUT2D eigenvalue weighted by Gasteiger charge is 2.31. The van der Waals surface area contributed by atoms with Crippen LogP contribution in [0.4, 0.5) is 0 Å². The zero-order valence-corrected chi connectivity index (χ0v) is 32.3. The van der Waals surface area contributed by atoms with Gasteiger partial charge >= 0.3 is 17.2 Å². The van der Waals surface area contributed by atoms with Crippen LogP contribution in [-0.4, -0.2) is 9.79 Å². The number of rotatable bonds is 14. The van der Waals surface area contributed by atoms with Crippen LogP contribution in [0.3, 0.4) is 0 Å². The van der Waals surface area contributed by atoms with Crippen molar-refractivity contribution < 1.29 is 23.1 Å². The minimum Gasteiger partial charge on any atom is -0.417 e. The Morgan fingerprint density at radius 2 is 1.24 bits per heavy atom.